The highest BCUT2D eigenvalue weighted by Gasteiger charge is 2.36. The Morgan fingerprint density at radius 3 is 2.97 bits per heavy atom. The molecule has 0 saturated carbocycles. The standard InChI is InChI=1S/C21H28N6OS/c1-4-14(2)20-23-10-16-11-26(8-6-18(16)24-20)17-12-27(13-17)21(28)15-5-7-22-19(9-15)25-29-3/h5,7,9-10,14,17H,4,6,8,11-13H2,1-3H3,(H,22,25). The number of rotatable bonds is 6. The Morgan fingerprint density at radius 2 is 2.21 bits per heavy atom. The molecule has 4 heterocycles. The Morgan fingerprint density at radius 1 is 1.38 bits per heavy atom. The molecule has 1 atom stereocenters. The van der Waals surface area contributed by atoms with Gasteiger partial charge < -0.3 is 9.62 Å². The number of pyridine rings is 1. The summed E-state index contributed by atoms with van der Waals surface area (Å²) in [6.45, 7) is 7.76. The van der Waals surface area contributed by atoms with Crippen LogP contribution in [0.1, 0.15) is 53.6 Å². The molecule has 4 rings (SSSR count). The summed E-state index contributed by atoms with van der Waals surface area (Å²) in [4.78, 5) is 30.8. The quantitative estimate of drug-likeness (QED) is 0.731. The summed E-state index contributed by atoms with van der Waals surface area (Å²) in [7, 11) is 0. The SMILES string of the molecule is CCC(C)c1ncc2c(n1)CCN(C1CN(C(=O)c3ccnc(NSC)c3)C1)C2. The second kappa shape index (κ2) is 8.67. The Hall–Kier alpha value is -2.19. The number of nitrogens with one attached hydrogen (secondary N) is 1. The third kappa shape index (κ3) is 4.23. The van der Waals surface area contributed by atoms with Crippen molar-refractivity contribution in [2.45, 2.75) is 45.2 Å². The van der Waals surface area contributed by atoms with Crippen LogP contribution >= 0.6 is 11.9 Å². The lowest BCUT2D eigenvalue weighted by Gasteiger charge is -2.46. The number of carbonyl (C=O) groups is 1. The van der Waals surface area contributed by atoms with E-state index in [1.165, 1.54) is 23.2 Å². The number of amides is 1. The molecule has 2 aromatic rings. The molecular weight excluding hydrogens is 384 g/mol. The molecule has 1 N–H and O–H groups in total. The van der Waals surface area contributed by atoms with Crippen LogP contribution in [0.15, 0.2) is 24.5 Å². The van der Waals surface area contributed by atoms with Crippen LogP contribution in [-0.4, -0.2) is 62.6 Å². The number of anilines is 1. The minimum Gasteiger partial charge on any atom is -0.335 e. The number of aromatic nitrogens is 3. The van der Waals surface area contributed by atoms with Gasteiger partial charge in [-0.05, 0) is 18.6 Å². The second-order valence-corrected chi connectivity index (χ2v) is 8.44. The van der Waals surface area contributed by atoms with Crippen molar-refractivity contribution in [2.24, 2.45) is 0 Å². The van der Waals surface area contributed by atoms with Crippen molar-refractivity contribution >= 4 is 23.7 Å². The van der Waals surface area contributed by atoms with Crippen LogP contribution < -0.4 is 4.72 Å². The molecule has 1 fully saturated rings. The first-order valence-electron chi connectivity index (χ1n) is 10.2. The van der Waals surface area contributed by atoms with Crippen LogP contribution in [0.25, 0.3) is 0 Å². The van der Waals surface area contributed by atoms with Crippen molar-refractivity contribution in [1.82, 2.24) is 24.8 Å². The van der Waals surface area contributed by atoms with Gasteiger partial charge in [0, 0.05) is 80.0 Å². The van der Waals surface area contributed by atoms with Crippen molar-refractivity contribution in [1.29, 1.82) is 0 Å². The summed E-state index contributed by atoms with van der Waals surface area (Å²) in [5.74, 6) is 2.16. The minimum atomic E-state index is 0.0757. The van der Waals surface area contributed by atoms with Crippen LogP contribution in [0.2, 0.25) is 0 Å². The lowest BCUT2D eigenvalue weighted by molar-refractivity contribution is 0.0215. The fourth-order valence-electron chi connectivity index (χ4n) is 3.84. The summed E-state index contributed by atoms with van der Waals surface area (Å²) < 4.78 is 3.08. The topological polar surface area (TPSA) is 74.2 Å². The Kier molecular flexibility index (Phi) is 6.01. The molecule has 0 radical (unpaired) electrons. The van der Waals surface area contributed by atoms with Gasteiger partial charge in [0.25, 0.3) is 5.91 Å². The van der Waals surface area contributed by atoms with Crippen LogP contribution in [0.4, 0.5) is 5.82 Å². The largest absolute Gasteiger partial charge is 0.335 e. The molecule has 154 valence electrons. The van der Waals surface area contributed by atoms with E-state index in [-0.39, 0.29) is 5.91 Å². The van der Waals surface area contributed by atoms with E-state index in [1.807, 2.05) is 23.4 Å². The Bertz CT molecular complexity index is 885. The lowest BCUT2D eigenvalue weighted by Crippen LogP contribution is -2.61. The van der Waals surface area contributed by atoms with Gasteiger partial charge in [-0.25, -0.2) is 15.0 Å². The molecule has 7 nitrogen and oxygen atoms in total. The predicted octanol–water partition coefficient (Wildman–Crippen LogP) is 2.96. The molecule has 2 aliphatic heterocycles. The van der Waals surface area contributed by atoms with Crippen LogP contribution in [0.3, 0.4) is 0 Å². The van der Waals surface area contributed by atoms with Gasteiger partial charge in [0.1, 0.15) is 11.6 Å². The van der Waals surface area contributed by atoms with Crippen molar-refractivity contribution in [3.8, 4) is 0 Å². The second-order valence-electron chi connectivity index (χ2n) is 7.83. The highest BCUT2D eigenvalue weighted by atomic mass is 32.2. The number of nitrogens with zero attached hydrogens (tertiary/aromatic N) is 5. The summed E-state index contributed by atoms with van der Waals surface area (Å²) >= 11 is 1.47. The van der Waals surface area contributed by atoms with Gasteiger partial charge in [0.05, 0.1) is 0 Å². The molecule has 0 aromatic carbocycles. The third-order valence-corrected chi connectivity index (χ3v) is 6.33. The maximum absolute atomic E-state index is 12.8. The monoisotopic (exact) mass is 412 g/mol. The van der Waals surface area contributed by atoms with Gasteiger partial charge >= 0.3 is 0 Å². The van der Waals surface area contributed by atoms with E-state index in [1.54, 1.807) is 12.3 Å². The molecule has 2 aliphatic rings. The number of likely N-dealkylation sites (tertiary alicyclic amines) is 1. The molecule has 1 amide bonds. The van der Waals surface area contributed by atoms with Gasteiger partial charge in [-0.15, -0.1) is 0 Å². The van der Waals surface area contributed by atoms with Crippen molar-refractivity contribution < 1.29 is 4.79 Å². The van der Waals surface area contributed by atoms with E-state index < -0.39 is 0 Å². The van der Waals surface area contributed by atoms with Crippen molar-refractivity contribution in [3.05, 3.63) is 47.2 Å². The molecule has 0 spiro atoms. The van der Waals surface area contributed by atoms with Crippen LogP contribution in [-0.2, 0) is 13.0 Å². The summed E-state index contributed by atoms with van der Waals surface area (Å²) in [6, 6.07) is 4.01. The highest BCUT2D eigenvalue weighted by Crippen LogP contribution is 2.26. The summed E-state index contributed by atoms with van der Waals surface area (Å²) in [5, 5.41) is 0. The first-order chi connectivity index (χ1) is 14.1. The maximum Gasteiger partial charge on any atom is 0.254 e. The molecule has 2 aromatic heterocycles. The number of fused-ring (bicyclic) bond motifs is 1. The van der Waals surface area contributed by atoms with Gasteiger partial charge in [0.15, 0.2) is 0 Å². The third-order valence-electron chi connectivity index (χ3n) is 5.91. The molecule has 8 heteroatoms. The average Bonchev–Trinajstić information content (AvgIpc) is 2.72. The van der Waals surface area contributed by atoms with Gasteiger partial charge in [-0.1, -0.05) is 25.8 Å². The Labute approximate surface area is 176 Å². The normalized spacial score (nSPS) is 18.1. The first-order valence-corrected chi connectivity index (χ1v) is 11.4. The van der Waals surface area contributed by atoms with Crippen molar-refractivity contribution in [3.63, 3.8) is 0 Å². The molecule has 29 heavy (non-hydrogen) atoms. The smallest absolute Gasteiger partial charge is 0.254 e. The van der Waals surface area contributed by atoms with E-state index in [4.69, 9.17) is 4.98 Å². The van der Waals surface area contributed by atoms with E-state index in [0.29, 0.717) is 23.3 Å². The van der Waals surface area contributed by atoms with Gasteiger partial charge in [0.2, 0.25) is 0 Å². The number of hydrogen-bond donors (Lipinski definition) is 1. The minimum absolute atomic E-state index is 0.0757. The van der Waals surface area contributed by atoms with E-state index in [2.05, 4.69) is 33.4 Å². The summed E-state index contributed by atoms with van der Waals surface area (Å²) in [5.41, 5.74) is 3.12. The number of hydrogen-bond acceptors (Lipinski definition) is 7. The van der Waals surface area contributed by atoms with E-state index in [0.717, 1.165) is 44.8 Å². The fraction of sp³-hybridized carbons (Fsp3) is 0.524. The van der Waals surface area contributed by atoms with Crippen molar-refractivity contribution in [2.75, 3.05) is 30.6 Å². The van der Waals surface area contributed by atoms with Crippen LogP contribution in [0.5, 0.6) is 0 Å². The summed E-state index contributed by atoms with van der Waals surface area (Å²) in [6.07, 6.45) is 7.64. The molecule has 0 aliphatic carbocycles. The molecule has 1 saturated heterocycles. The van der Waals surface area contributed by atoms with E-state index in [9.17, 15) is 4.79 Å². The average molecular weight is 413 g/mol. The molecule has 1 unspecified atom stereocenters. The zero-order valence-corrected chi connectivity index (χ0v) is 18.1. The lowest BCUT2D eigenvalue weighted by atomic mass is 9.99. The highest BCUT2D eigenvalue weighted by molar-refractivity contribution is 7.99. The Balaban J connectivity index is 1.35. The van der Waals surface area contributed by atoms with Gasteiger partial charge in [-0.2, -0.15) is 0 Å². The predicted molar refractivity (Wildman–Crippen MR) is 116 cm³/mol. The fourth-order valence-corrected chi connectivity index (χ4v) is 4.16. The van der Waals surface area contributed by atoms with Crippen LogP contribution in [0, 0.1) is 0 Å². The first kappa shape index (κ1) is 20.1. The molecule has 0 bridgehead atoms. The van der Waals surface area contributed by atoms with Gasteiger partial charge in [-0.3, -0.25) is 9.69 Å². The zero-order chi connectivity index (χ0) is 20.4. The number of carbonyl (C=O) groups excluding carboxylic acids is 1. The molecular formula is C21H28N6OS. The zero-order valence-electron chi connectivity index (χ0n) is 17.3. The van der Waals surface area contributed by atoms with E-state index >= 15 is 0 Å². The maximum atomic E-state index is 12.8.